The molecule has 4 rings (SSSR count). The molecule has 0 saturated heterocycles. The molecule has 0 saturated carbocycles. The van der Waals surface area contributed by atoms with Crippen molar-refractivity contribution in [1.29, 1.82) is 0 Å². The van der Waals surface area contributed by atoms with Crippen molar-refractivity contribution in [3.63, 3.8) is 0 Å². The van der Waals surface area contributed by atoms with E-state index >= 15 is 0 Å². The van der Waals surface area contributed by atoms with Gasteiger partial charge < -0.3 is 15.5 Å². The zero-order valence-corrected chi connectivity index (χ0v) is 14.4. The number of H-pyrrole nitrogens is 1. The molecule has 0 amide bonds. The molecular formula is C17H13Cl2N5O. The summed E-state index contributed by atoms with van der Waals surface area (Å²) in [6, 6.07) is 10.8. The van der Waals surface area contributed by atoms with Crippen LogP contribution in [0.15, 0.2) is 55.0 Å². The number of nitrogens with one attached hydrogen (secondary N) is 1. The van der Waals surface area contributed by atoms with Crippen molar-refractivity contribution < 1.29 is 4.74 Å². The Morgan fingerprint density at radius 2 is 1.92 bits per heavy atom. The second kappa shape index (κ2) is 6.96. The molecule has 126 valence electrons. The van der Waals surface area contributed by atoms with Crippen molar-refractivity contribution >= 4 is 41.0 Å². The fourth-order valence-corrected chi connectivity index (χ4v) is 2.68. The molecule has 3 N–H and O–H groups in total. The number of benzene rings is 1. The lowest BCUT2D eigenvalue weighted by molar-refractivity contribution is 0.488. The number of fused-ring (bicyclic) bond motifs is 1. The van der Waals surface area contributed by atoms with Crippen molar-refractivity contribution in [2.45, 2.75) is 0 Å². The van der Waals surface area contributed by atoms with E-state index in [0.29, 0.717) is 27.9 Å². The van der Waals surface area contributed by atoms with Gasteiger partial charge in [-0.1, -0.05) is 17.7 Å². The smallest absolute Gasteiger partial charge is 0.220 e. The van der Waals surface area contributed by atoms with E-state index in [2.05, 4.69) is 19.9 Å². The predicted octanol–water partition coefficient (Wildman–Crippen LogP) is 4.47. The molecule has 25 heavy (non-hydrogen) atoms. The lowest BCUT2D eigenvalue weighted by Gasteiger charge is -2.08. The molecule has 0 aliphatic heterocycles. The van der Waals surface area contributed by atoms with Crippen LogP contribution in [0.25, 0.3) is 22.3 Å². The first-order valence-electron chi connectivity index (χ1n) is 7.19. The average molecular weight is 374 g/mol. The minimum absolute atomic E-state index is 0. The van der Waals surface area contributed by atoms with E-state index in [-0.39, 0.29) is 18.4 Å². The van der Waals surface area contributed by atoms with Gasteiger partial charge in [0.05, 0.1) is 11.1 Å². The summed E-state index contributed by atoms with van der Waals surface area (Å²) in [4.78, 5) is 15.7. The number of anilines is 1. The van der Waals surface area contributed by atoms with Crippen LogP contribution in [0.1, 0.15) is 0 Å². The minimum Gasteiger partial charge on any atom is -0.456 e. The lowest BCUT2D eigenvalue weighted by Crippen LogP contribution is -1.95. The van der Waals surface area contributed by atoms with Crippen LogP contribution < -0.4 is 10.5 Å². The molecule has 6 nitrogen and oxygen atoms in total. The molecule has 0 spiro atoms. The molecule has 8 heteroatoms. The second-order valence-electron chi connectivity index (χ2n) is 5.09. The molecule has 3 heterocycles. The largest absolute Gasteiger partial charge is 0.456 e. The maximum atomic E-state index is 6.02. The van der Waals surface area contributed by atoms with Gasteiger partial charge in [-0.2, -0.15) is 0 Å². The van der Waals surface area contributed by atoms with Gasteiger partial charge >= 0.3 is 0 Å². The molecule has 1 aromatic carbocycles. The fraction of sp³-hybridized carbons (Fsp3) is 0. The van der Waals surface area contributed by atoms with Crippen molar-refractivity contribution in [3.8, 4) is 22.8 Å². The lowest BCUT2D eigenvalue weighted by atomic mass is 10.1. The third kappa shape index (κ3) is 3.35. The maximum Gasteiger partial charge on any atom is 0.220 e. The Bertz CT molecular complexity index is 1030. The highest BCUT2D eigenvalue weighted by Crippen LogP contribution is 2.36. The molecule has 0 fully saturated rings. The highest BCUT2D eigenvalue weighted by atomic mass is 35.5. The summed E-state index contributed by atoms with van der Waals surface area (Å²) in [6.07, 6.45) is 5.12. The molecule has 0 aliphatic carbocycles. The fourth-order valence-electron chi connectivity index (χ4n) is 2.49. The predicted molar refractivity (Wildman–Crippen MR) is 100 cm³/mol. The standard InChI is InChI=1S/C17H12ClN5O.ClH/c18-10-2-1-3-11(8-10)24-14-5-7-20-16-15(14)12(9-22-16)13-4-6-21-17(19)23-13;/h1-9H,(H,20,22)(H2,19,21,23);1H. The van der Waals surface area contributed by atoms with Crippen LogP contribution >= 0.6 is 24.0 Å². The number of aromatic nitrogens is 4. The topological polar surface area (TPSA) is 89.7 Å². The van der Waals surface area contributed by atoms with Crippen LogP contribution in [-0.2, 0) is 0 Å². The number of pyridine rings is 1. The van der Waals surface area contributed by atoms with E-state index in [1.54, 1.807) is 36.7 Å². The Morgan fingerprint density at radius 1 is 1.08 bits per heavy atom. The number of rotatable bonds is 3. The Kier molecular flexibility index (Phi) is 4.74. The molecule has 0 bridgehead atoms. The molecule has 0 unspecified atom stereocenters. The van der Waals surface area contributed by atoms with E-state index in [4.69, 9.17) is 22.1 Å². The number of ether oxygens (including phenoxy) is 1. The van der Waals surface area contributed by atoms with Gasteiger partial charge in [-0.3, -0.25) is 0 Å². The van der Waals surface area contributed by atoms with Crippen molar-refractivity contribution in [3.05, 3.63) is 60.0 Å². The second-order valence-corrected chi connectivity index (χ2v) is 5.53. The van der Waals surface area contributed by atoms with E-state index in [9.17, 15) is 0 Å². The highest BCUT2D eigenvalue weighted by molar-refractivity contribution is 6.30. The van der Waals surface area contributed by atoms with Crippen LogP contribution in [0, 0.1) is 0 Å². The van der Waals surface area contributed by atoms with Gasteiger partial charge in [-0.15, -0.1) is 12.4 Å². The summed E-state index contributed by atoms with van der Waals surface area (Å²) in [7, 11) is 0. The first kappa shape index (κ1) is 17.0. The van der Waals surface area contributed by atoms with E-state index in [1.807, 2.05) is 18.3 Å². The average Bonchev–Trinajstić information content (AvgIpc) is 3.00. The zero-order valence-electron chi connectivity index (χ0n) is 12.8. The Hall–Kier alpha value is -2.83. The number of hydrogen-bond acceptors (Lipinski definition) is 5. The number of halogens is 2. The molecule has 4 aromatic rings. The quantitative estimate of drug-likeness (QED) is 0.552. The van der Waals surface area contributed by atoms with Gasteiger partial charge in [0.2, 0.25) is 5.95 Å². The third-order valence-corrected chi connectivity index (χ3v) is 3.74. The summed E-state index contributed by atoms with van der Waals surface area (Å²) < 4.78 is 6.00. The first-order valence-corrected chi connectivity index (χ1v) is 7.57. The monoisotopic (exact) mass is 373 g/mol. The molecule has 0 atom stereocenters. The molecule has 3 aromatic heterocycles. The van der Waals surface area contributed by atoms with Gasteiger partial charge in [0, 0.05) is 29.2 Å². The third-order valence-electron chi connectivity index (χ3n) is 3.51. The highest BCUT2D eigenvalue weighted by Gasteiger charge is 2.14. The Balaban J connectivity index is 0.00000182. The number of aromatic amines is 1. The van der Waals surface area contributed by atoms with Gasteiger partial charge in [0.1, 0.15) is 17.1 Å². The van der Waals surface area contributed by atoms with Crippen LogP contribution in [0.2, 0.25) is 5.02 Å². The normalized spacial score (nSPS) is 10.4. The molecule has 0 radical (unpaired) electrons. The number of hydrogen-bond donors (Lipinski definition) is 2. The van der Waals surface area contributed by atoms with Gasteiger partial charge in [0.15, 0.2) is 0 Å². The van der Waals surface area contributed by atoms with Gasteiger partial charge in [0.25, 0.3) is 0 Å². The van der Waals surface area contributed by atoms with E-state index in [1.165, 1.54) is 0 Å². The molecular weight excluding hydrogens is 361 g/mol. The van der Waals surface area contributed by atoms with Gasteiger partial charge in [-0.25, -0.2) is 15.0 Å². The molecule has 0 aliphatic rings. The number of nitrogens with zero attached hydrogens (tertiary/aromatic N) is 3. The van der Waals surface area contributed by atoms with Crippen LogP contribution in [0.4, 0.5) is 5.95 Å². The number of nitrogen functional groups attached to an aromatic ring is 1. The first-order chi connectivity index (χ1) is 11.7. The summed E-state index contributed by atoms with van der Waals surface area (Å²) in [6.45, 7) is 0. The van der Waals surface area contributed by atoms with Crippen molar-refractivity contribution in [1.82, 2.24) is 19.9 Å². The summed E-state index contributed by atoms with van der Waals surface area (Å²) in [5.74, 6) is 1.50. The van der Waals surface area contributed by atoms with Gasteiger partial charge in [-0.05, 0) is 30.3 Å². The zero-order chi connectivity index (χ0) is 16.5. The van der Waals surface area contributed by atoms with E-state index < -0.39 is 0 Å². The summed E-state index contributed by atoms with van der Waals surface area (Å²) in [5, 5.41) is 1.42. The summed E-state index contributed by atoms with van der Waals surface area (Å²) >= 11 is 6.02. The summed E-state index contributed by atoms with van der Waals surface area (Å²) in [5.41, 5.74) is 7.92. The maximum absolute atomic E-state index is 6.02. The van der Waals surface area contributed by atoms with Crippen LogP contribution in [-0.4, -0.2) is 19.9 Å². The van der Waals surface area contributed by atoms with Crippen molar-refractivity contribution in [2.75, 3.05) is 5.73 Å². The SMILES string of the molecule is Cl.Nc1nccc(-c2c[nH]c3nccc(Oc4cccc(Cl)c4)c23)n1. The minimum atomic E-state index is 0. The Labute approximate surface area is 154 Å². The van der Waals surface area contributed by atoms with Crippen LogP contribution in [0.5, 0.6) is 11.5 Å². The Morgan fingerprint density at radius 3 is 2.72 bits per heavy atom. The van der Waals surface area contributed by atoms with E-state index in [0.717, 1.165) is 10.9 Å². The van der Waals surface area contributed by atoms with Crippen molar-refractivity contribution in [2.24, 2.45) is 0 Å². The van der Waals surface area contributed by atoms with Crippen LogP contribution in [0.3, 0.4) is 0 Å². The number of nitrogens with two attached hydrogens (primary N) is 1.